The van der Waals surface area contributed by atoms with Crippen molar-refractivity contribution in [1.82, 2.24) is 9.88 Å². The fourth-order valence-electron chi connectivity index (χ4n) is 3.12. The number of rotatable bonds is 5. The molecule has 0 aromatic carbocycles. The van der Waals surface area contributed by atoms with Crippen LogP contribution in [-0.2, 0) is 4.74 Å². The molecule has 1 fully saturated rings. The highest BCUT2D eigenvalue weighted by atomic mass is 16.5. The third kappa shape index (κ3) is 4.34. The van der Waals surface area contributed by atoms with Gasteiger partial charge < -0.3 is 14.6 Å². The van der Waals surface area contributed by atoms with E-state index >= 15 is 0 Å². The van der Waals surface area contributed by atoms with E-state index in [-0.39, 0.29) is 23.8 Å². The van der Waals surface area contributed by atoms with Crippen LogP contribution < -0.4 is 10.9 Å². The van der Waals surface area contributed by atoms with Crippen LogP contribution in [0.4, 0.5) is 0 Å². The largest absolute Gasteiger partial charge is 0.462 e. The summed E-state index contributed by atoms with van der Waals surface area (Å²) in [4.78, 5) is 24.8. The first-order valence-corrected chi connectivity index (χ1v) is 9.30. The second-order valence-electron chi connectivity index (χ2n) is 6.81. The maximum Gasteiger partial charge on any atom is 0.343 e. The van der Waals surface area contributed by atoms with Gasteiger partial charge in [0.2, 0.25) is 0 Å². The Morgan fingerprint density at radius 2 is 2.19 bits per heavy atom. The van der Waals surface area contributed by atoms with Crippen molar-refractivity contribution < 1.29 is 9.53 Å². The zero-order valence-corrected chi connectivity index (χ0v) is 15.2. The van der Waals surface area contributed by atoms with Crippen LogP contribution >= 0.6 is 0 Å². The molecule has 0 amide bonds. The molecule has 5 nitrogen and oxygen atoms in total. The summed E-state index contributed by atoms with van der Waals surface area (Å²) in [5, 5.41) is 3.52. The minimum atomic E-state index is -0.563. The molecule has 1 saturated carbocycles. The molecule has 0 bridgehead atoms. The van der Waals surface area contributed by atoms with Gasteiger partial charge in [-0.05, 0) is 62.8 Å². The van der Waals surface area contributed by atoms with Crippen LogP contribution in [0.3, 0.4) is 0 Å². The minimum absolute atomic E-state index is 0.0152. The molecule has 5 heteroatoms. The van der Waals surface area contributed by atoms with Gasteiger partial charge in [0.15, 0.2) is 0 Å². The Bertz CT molecular complexity index is 800. The van der Waals surface area contributed by atoms with Crippen molar-refractivity contribution >= 4 is 5.97 Å². The molecule has 26 heavy (non-hydrogen) atoms. The van der Waals surface area contributed by atoms with Crippen molar-refractivity contribution in [2.75, 3.05) is 6.61 Å². The number of allylic oxidation sites excluding steroid dienone is 4. The predicted molar refractivity (Wildman–Crippen MR) is 102 cm³/mol. The highest BCUT2D eigenvalue weighted by Crippen LogP contribution is 2.27. The molecule has 0 radical (unpaired) electrons. The molecule has 1 aromatic heterocycles. The minimum Gasteiger partial charge on any atom is -0.462 e. The maximum atomic E-state index is 12.8. The molecule has 0 saturated heterocycles. The Kier molecular flexibility index (Phi) is 5.76. The molecule has 3 rings (SSSR count). The van der Waals surface area contributed by atoms with Crippen LogP contribution in [0.15, 0.2) is 59.2 Å². The van der Waals surface area contributed by atoms with E-state index in [4.69, 9.17) is 4.74 Å². The first-order valence-electron chi connectivity index (χ1n) is 9.30. The van der Waals surface area contributed by atoms with Crippen molar-refractivity contribution in [2.24, 2.45) is 0 Å². The van der Waals surface area contributed by atoms with Crippen LogP contribution in [0.2, 0.25) is 0 Å². The van der Waals surface area contributed by atoms with Gasteiger partial charge in [0.05, 0.1) is 6.61 Å². The Hall–Kier alpha value is -2.56. The summed E-state index contributed by atoms with van der Waals surface area (Å²) in [5.74, 6) is -0.563. The SMILES string of the molecule is C=C1CCC(n2cccc(C(=O)OCC)c2=O)C/C=C\C=C/1NC1CC1. The van der Waals surface area contributed by atoms with Gasteiger partial charge in [-0.3, -0.25) is 4.79 Å². The number of pyridine rings is 1. The van der Waals surface area contributed by atoms with E-state index in [1.165, 1.54) is 18.9 Å². The van der Waals surface area contributed by atoms with Crippen LogP contribution in [-0.4, -0.2) is 23.2 Å². The first kappa shape index (κ1) is 18.2. The third-order valence-electron chi connectivity index (χ3n) is 4.77. The summed E-state index contributed by atoms with van der Waals surface area (Å²) in [6.07, 6.45) is 12.7. The number of carbonyl (C=O) groups is 1. The van der Waals surface area contributed by atoms with Crippen LogP contribution in [0.1, 0.15) is 55.4 Å². The summed E-state index contributed by atoms with van der Waals surface area (Å²) < 4.78 is 6.65. The second kappa shape index (κ2) is 8.21. The van der Waals surface area contributed by atoms with Crippen LogP contribution in [0.25, 0.3) is 0 Å². The van der Waals surface area contributed by atoms with Gasteiger partial charge in [-0.1, -0.05) is 18.7 Å². The molecular formula is C21H26N2O3. The van der Waals surface area contributed by atoms with E-state index in [2.05, 4.69) is 24.0 Å². The Morgan fingerprint density at radius 3 is 2.92 bits per heavy atom. The van der Waals surface area contributed by atoms with Crippen molar-refractivity contribution in [3.63, 3.8) is 0 Å². The number of hydrogen-bond acceptors (Lipinski definition) is 4. The number of aromatic nitrogens is 1. The Labute approximate surface area is 154 Å². The molecule has 0 aliphatic heterocycles. The van der Waals surface area contributed by atoms with E-state index in [1.807, 2.05) is 6.08 Å². The lowest BCUT2D eigenvalue weighted by molar-refractivity contribution is 0.0523. The average Bonchev–Trinajstić information content (AvgIpc) is 3.43. The van der Waals surface area contributed by atoms with Gasteiger partial charge in [0, 0.05) is 24.0 Å². The molecule has 2 aliphatic carbocycles. The zero-order valence-electron chi connectivity index (χ0n) is 15.2. The molecule has 1 unspecified atom stereocenters. The molecule has 1 N–H and O–H groups in total. The summed E-state index contributed by atoms with van der Waals surface area (Å²) >= 11 is 0. The molecular weight excluding hydrogens is 328 g/mol. The number of ether oxygens (including phenoxy) is 1. The number of hydrogen-bond donors (Lipinski definition) is 1. The average molecular weight is 354 g/mol. The number of nitrogens with one attached hydrogen (secondary N) is 1. The Morgan fingerprint density at radius 1 is 1.38 bits per heavy atom. The van der Waals surface area contributed by atoms with Crippen molar-refractivity contribution in [1.29, 1.82) is 0 Å². The molecule has 2 aliphatic rings. The monoisotopic (exact) mass is 354 g/mol. The fraction of sp³-hybridized carbons (Fsp3) is 0.429. The van der Waals surface area contributed by atoms with Gasteiger partial charge in [0.25, 0.3) is 5.56 Å². The maximum absolute atomic E-state index is 12.8. The van der Waals surface area contributed by atoms with E-state index in [1.54, 1.807) is 23.8 Å². The smallest absolute Gasteiger partial charge is 0.343 e. The lowest BCUT2D eigenvalue weighted by atomic mass is 10.0. The lowest BCUT2D eigenvalue weighted by Crippen LogP contribution is -2.29. The molecule has 1 atom stereocenters. The fourth-order valence-corrected chi connectivity index (χ4v) is 3.12. The van der Waals surface area contributed by atoms with Gasteiger partial charge in [-0.2, -0.15) is 0 Å². The van der Waals surface area contributed by atoms with Gasteiger partial charge in [0.1, 0.15) is 5.56 Å². The highest BCUT2D eigenvalue weighted by molar-refractivity contribution is 5.88. The molecule has 0 spiro atoms. The Balaban J connectivity index is 1.78. The topological polar surface area (TPSA) is 60.3 Å². The van der Waals surface area contributed by atoms with E-state index < -0.39 is 5.97 Å². The molecule has 1 heterocycles. The quantitative estimate of drug-likeness (QED) is 0.822. The second-order valence-corrected chi connectivity index (χ2v) is 6.81. The summed E-state index contributed by atoms with van der Waals surface area (Å²) in [6.45, 7) is 6.20. The standard InChI is InChI=1S/C21H26N2O3/c1-3-26-21(25)18-8-6-14-23(20(18)24)17-7-4-5-9-19(15(2)10-13-17)22-16-11-12-16/h4-6,8-9,14,16-17,22H,2-3,7,10-13H2,1H3/b5-4-,19-9+. The van der Waals surface area contributed by atoms with Crippen molar-refractivity contribution in [3.8, 4) is 0 Å². The van der Waals surface area contributed by atoms with E-state index in [0.29, 0.717) is 6.04 Å². The first-order chi connectivity index (χ1) is 12.6. The molecule has 1 aromatic rings. The van der Waals surface area contributed by atoms with Crippen LogP contribution in [0.5, 0.6) is 0 Å². The van der Waals surface area contributed by atoms with Gasteiger partial charge >= 0.3 is 5.97 Å². The van der Waals surface area contributed by atoms with Gasteiger partial charge in [-0.15, -0.1) is 0 Å². The molecule has 138 valence electrons. The number of carbonyl (C=O) groups excluding carboxylic acids is 1. The number of nitrogens with zero attached hydrogens (tertiary/aromatic N) is 1. The van der Waals surface area contributed by atoms with Crippen molar-refractivity contribution in [2.45, 2.75) is 51.1 Å². The van der Waals surface area contributed by atoms with E-state index in [9.17, 15) is 9.59 Å². The van der Waals surface area contributed by atoms with E-state index in [0.717, 1.165) is 30.5 Å². The summed E-state index contributed by atoms with van der Waals surface area (Å²) in [7, 11) is 0. The summed E-state index contributed by atoms with van der Waals surface area (Å²) in [5.41, 5.74) is 1.95. The highest BCUT2D eigenvalue weighted by Gasteiger charge is 2.23. The third-order valence-corrected chi connectivity index (χ3v) is 4.77. The predicted octanol–water partition coefficient (Wildman–Crippen LogP) is 3.50. The zero-order chi connectivity index (χ0) is 18.5. The van der Waals surface area contributed by atoms with Crippen LogP contribution in [0, 0.1) is 0 Å². The summed E-state index contributed by atoms with van der Waals surface area (Å²) in [6, 6.07) is 3.82. The van der Waals surface area contributed by atoms with Gasteiger partial charge in [-0.25, -0.2) is 4.79 Å². The van der Waals surface area contributed by atoms with Crippen molar-refractivity contribution in [3.05, 3.63) is 70.3 Å². The lowest BCUT2D eigenvalue weighted by Gasteiger charge is -2.20. The number of esters is 1. The normalized spacial score (nSPS) is 23.8.